The summed E-state index contributed by atoms with van der Waals surface area (Å²) in [6, 6.07) is 5.01. The molecular formula is C13H19ClFN. The van der Waals surface area contributed by atoms with Crippen molar-refractivity contribution in [3.8, 4) is 0 Å². The lowest BCUT2D eigenvalue weighted by molar-refractivity contribution is 0.610. The maximum atomic E-state index is 13.1. The molecule has 1 N–H and O–H groups in total. The molecule has 3 heteroatoms. The first kappa shape index (κ1) is 13.5. The van der Waals surface area contributed by atoms with E-state index in [1.807, 2.05) is 6.07 Å². The summed E-state index contributed by atoms with van der Waals surface area (Å²) in [7, 11) is 0. The highest BCUT2D eigenvalue weighted by molar-refractivity contribution is 6.31. The van der Waals surface area contributed by atoms with E-state index in [-0.39, 0.29) is 10.8 Å². The Hall–Kier alpha value is -0.600. The van der Waals surface area contributed by atoms with Gasteiger partial charge in [0.1, 0.15) is 5.82 Å². The predicted octanol–water partition coefficient (Wildman–Crippen LogP) is 3.80. The van der Waals surface area contributed by atoms with Crippen molar-refractivity contribution in [3.63, 3.8) is 0 Å². The lowest BCUT2D eigenvalue weighted by atomic mass is 10.1. The lowest BCUT2D eigenvalue weighted by Gasteiger charge is -2.05. The van der Waals surface area contributed by atoms with Crippen LogP contribution in [0, 0.1) is 5.82 Å². The zero-order valence-corrected chi connectivity index (χ0v) is 10.5. The van der Waals surface area contributed by atoms with Gasteiger partial charge in [-0.1, -0.05) is 30.7 Å². The van der Waals surface area contributed by atoms with Crippen LogP contribution in [0.5, 0.6) is 0 Å². The molecule has 0 aliphatic heterocycles. The first-order valence-corrected chi connectivity index (χ1v) is 6.27. The van der Waals surface area contributed by atoms with Gasteiger partial charge in [0.05, 0.1) is 5.02 Å². The fourth-order valence-electron chi connectivity index (χ4n) is 1.61. The van der Waals surface area contributed by atoms with Crippen molar-refractivity contribution >= 4 is 11.6 Å². The van der Waals surface area contributed by atoms with E-state index >= 15 is 0 Å². The smallest absolute Gasteiger partial charge is 0.142 e. The number of benzene rings is 1. The molecule has 90 valence electrons. The fourth-order valence-corrected chi connectivity index (χ4v) is 1.83. The van der Waals surface area contributed by atoms with Gasteiger partial charge in [-0.25, -0.2) is 4.39 Å². The fraction of sp³-hybridized carbons (Fsp3) is 0.538. The topological polar surface area (TPSA) is 12.0 Å². The Morgan fingerprint density at radius 3 is 2.81 bits per heavy atom. The molecule has 0 atom stereocenters. The van der Waals surface area contributed by atoms with E-state index in [2.05, 4.69) is 12.2 Å². The van der Waals surface area contributed by atoms with Crippen LogP contribution in [0.2, 0.25) is 5.02 Å². The number of rotatable bonds is 7. The molecule has 0 saturated carbocycles. The van der Waals surface area contributed by atoms with E-state index < -0.39 is 0 Å². The summed E-state index contributed by atoms with van der Waals surface area (Å²) in [5.74, 6) is -0.316. The number of hydrogen-bond acceptors (Lipinski definition) is 1. The average molecular weight is 244 g/mol. The van der Waals surface area contributed by atoms with E-state index in [1.165, 1.54) is 6.07 Å². The third kappa shape index (κ3) is 4.50. The second-order valence-electron chi connectivity index (χ2n) is 3.92. The van der Waals surface area contributed by atoms with Gasteiger partial charge in [0.2, 0.25) is 0 Å². The molecule has 1 rings (SSSR count). The van der Waals surface area contributed by atoms with Crippen LogP contribution in [0.4, 0.5) is 4.39 Å². The normalized spacial score (nSPS) is 10.7. The highest BCUT2D eigenvalue weighted by Gasteiger charge is 2.04. The molecule has 0 heterocycles. The standard InChI is InChI=1S/C13H19ClFN/c1-2-9-16-10-4-3-6-11-7-5-8-12(15)13(11)14/h5,7-8,16H,2-4,6,9-10H2,1H3. The highest BCUT2D eigenvalue weighted by atomic mass is 35.5. The molecule has 0 aromatic heterocycles. The van der Waals surface area contributed by atoms with Crippen LogP contribution in [-0.4, -0.2) is 13.1 Å². The van der Waals surface area contributed by atoms with Crippen LogP contribution in [0.15, 0.2) is 18.2 Å². The van der Waals surface area contributed by atoms with Crippen molar-refractivity contribution in [3.05, 3.63) is 34.6 Å². The van der Waals surface area contributed by atoms with Gasteiger partial charge < -0.3 is 5.32 Å². The number of hydrogen-bond donors (Lipinski definition) is 1. The van der Waals surface area contributed by atoms with Crippen molar-refractivity contribution in [2.45, 2.75) is 32.6 Å². The third-order valence-electron chi connectivity index (χ3n) is 2.51. The first-order valence-electron chi connectivity index (χ1n) is 5.89. The zero-order chi connectivity index (χ0) is 11.8. The number of unbranched alkanes of at least 4 members (excludes halogenated alkanes) is 1. The molecule has 1 aromatic rings. The molecule has 0 spiro atoms. The van der Waals surface area contributed by atoms with Crippen molar-refractivity contribution < 1.29 is 4.39 Å². The van der Waals surface area contributed by atoms with Gasteiger partial charge in [0, 0.05) is 0 Å². The van der Waals surface area contributed by atoms with Crippen LogP contribution < -0.4 is 5.32 Å². The third-order valence-corrected chi connectivity index (χ3v) is 2.93. The highest BCUT2D eigenvalue weighted by Crippen LogP contribution is 2.21. The zero-order valence-electron chi connectivity index (χ0n) is 9.73. The van der Waals surface area contributed by atoms with Gasteiger partial charge in [-0.15, -0.1) is 0 Å². The van der Waals surface area contributed by atoms with Crippen LogP contribution in [-0.2, 0) is 6.42 Å². The number of aryl methyl sites for hydroxylation is 1. The molecular weight excluding hydrogens is 225 g/mol. The number of halogens is 2. The monoisotopic (exact) mass is 243 g/mol. The van der Waals surface area contributed by atoms with E-state index in [9.17, 15) is 4.39 Å². The summed E-state index contributed by atoms with van der Waals surface area (Å²) in [4.78, 5) is 0. The first-order chi connectivity index (χ1) is 7.75. The molecule has 0 fully saturated rings. The number of nitrogens with one attached hydrogen (secondary N) is 1. The van der Waals surface area contributed by atoms with E-state index in [4.69, 9.17) is 11.6 Å². The quantitative estimate of drug-likeness (QED) is 0.719. The summed E-state index contributed by atoms with van der Waals surface area (Å²) >= 11 is 5.87. The molecule has 0 saturated heterocycles. The van der Waals surface area contributed by atoms with Crippen LogP contribution in [0.25, 0.3) is 0 Å². The van der Waals surface area contributed by atoms with Gasteiger partial charge in [0.25, 0.3) is 0 Å². The minimum Gasteiger partial charge on any atom is -0.317 e. The van der Waals surface area contributed by atoms with E-state index in [0.29, 0.717) is 0 Å². The Kier molecular flexibility index (Phi) is 6.43. The molecule has 16 heavy (non-hydrogen) atoms. The summed E-state index contributed by atoms with van der Waals surface area (Å²) in [6.07, 6.45) is 4.16. The van der Waals surface area contributed by atoms with E-state index in [0.717, 1.165) is 44.3 Å². The predicted molar refractivity (Wildman–Crippen MR) is 67.5 cm³/mol. The summed E-state index contributed by atoms with van der Waals surface area (Å²) in [6.45, 7) is 4.25. The summed E-state index contributed by atoms with van der Waals surface area (Å²) < 4.78 is 13.1. The van der Waals surface area contributed by atoms with Crippen molar-refractivity contribution in [2.75, 3.05) is 13.1 Å². The van der Waals surface area contributed by atoms with Crippen LogP contribution in [0.3, 0.4) is 0 Å². The Bertz CT molecular complexity index is 315. The van der Waals surface area contributed by atoms with Gasteiger partial charge >= 0.3 is 0 Å². The Morgan fingerprint density at radius 1 is 1.25 bits per heavy atom. The largest absolute Gasteiger partial charge is 0.317 e. The minimum atomic E-state index is -0.316. The van der Waals surface area contributed by atoms with Crippen LogP contribution in [0.1, 0.15) is 31.7 Å². The van der Waals surface area contributed by atoms with Crippen LogP contribution >= 0.6 is 11.6 Å². The van der Waals surface area contributed by atoms with Gasteiger partial charge in [-0.2, -0.15) is 0 Å². The molecule has 1 nitrogen and oxygen atoms in total. The molecule has 0 aliphatic carbocycles. The maximum absolute atomic E-state index is 13.1. The Balaban J connectivity index is 2.24. The van der Waals surface area contributed by atoms with Crippen molar-refractivity contribution in [1.82, 2.24) is 5.32 Å². The molecule has 0 radical (unpaired) electrons. The molecule has 1 aromatic carbocycles. The van der Waals surface area contributed by atoms with E-state index in [1.54, 1.807) is 6.07 Å². The van der Waals surface area contributed by atoms with Crippen molar-refractivity contribution in [2.24, 2.45) is 0 Å². The van der Waals surface area contributed by atoms with Gasteiger partial charge in [0.15, 0.2) is 0 Å². The second-order valence-corrected chi connectivity index (χ2v) is 4.30. The van der Waals surface area contributed by atoms with Gasteiger partial charge in [-0.3, -0.25) is 0 Å². The SMILES string of the molecule is CCCNCCCCc1cccc(F)c1Cl. The Labute approximate surface area is 102 Å². The Morgan fingerprint density at radius 2 is 2.06 bits per heavy atom. The second kappa shape index (κ2) is 7.64. The summed E-state index contributed by atoms with van der Waals surface area (Å²) in [5.41, 5.74) is 0.914. The molecule has 0 bridgehead atoms. The molecule has 0 amide bonds. The lowest BCUT2D eigenvalue weighted by Crippen LogP contribution is -2.15. The maximum Gasteiger partial charge on any atom is 0.142 e. The van der Waals surface area contributed by atoms with Crippen molar-refractivity contribution in [1.29, 1.82) is 0 Å². The average Bonchev–Trinajstić information content (AvgIpc) is 2.29. The summed E-state index contributed by atoms with van der Waals surface area (Å²) in [5, 5.41) is 3.62. The molecule has 0 unspecified atom stereocenters. The molecule has 0 aliphatic rings. The van der Waals surface area contributed by atoms with Gasteiger partial charge in [-0.05, 0) is 50.4 Å². The minimum absolute atomic E-state index is 0.281.